The Hall–Kier alpha value is -1.89. The first-order valence-corrected chi connectivity index (χ1v) is 9.72. The van der Waals surface area contributed by atoms with Gasteiger partial charge in [0.15, 0.2) is 5.78 Å². The predicted octanol–water partition coefficient (Wildman–Crippen LogP) is 7.46. The summed E-state index contributed by atoms with van der Waals surface area (Å²) in [6, 6.07) is 4.38. The van der Waals surface area contributed by atoms with Crippen molar-refractivity contribution >= 4 is 5.78 Å². The fraction of sp³-hybridized carbons (Fsp3) is 0.480. The standard InChI is InChI=1S/C25H36O/c1-10-14-25(8,9)23-15-20(7)22(16-21(23)17(3)4)24(26)19(6)13-12-18(5)11-2/h11-13,15-17H,2,10,14H2,1,3-9H3/b18-12-,19-13+. The third-order valence-corrected chi connectivity index (χ3v) is 5.14. The van der Waals surface area contributed by atoms with Gasteiger partial charge in [0.2, 0.25) is 0 Å². The molecule has 0 aliphatic rings. The highest BCUT2D eigenvalue weighted by Gasteiger charge is 2.26. The van der Waals surface area contributed by atoms with Crippen molar-refractivity contribution in [2.24, 2.45) is 0 Å². The first-order valence-electron chi connectivity index (χ1n) is 9.72. The number of hydrogen-bond donors (Lipinski definition) is 0. The van der Waals surface area contributed by atoms with Crippen molar-refractivity contribution in [3.05, 3.63) is 70.3 Å². The molecule has 1 nitrogen and oxygen atoms in total. The van der Waals surface area contributed by atoms with Gasteiger partial charge in [-0.05, 0) is 66.9 Å². The summed E-state index contributed by atoms with van der Waals surface area (Å²) in [6.07, 6.45) is 7.92. The zero-order valence-corrected chi connectivity index (χ0v) is 18.0. The maximum atomic E-state index is 13.0. The van der Waals surface area contributed by atoms with Crippen molar-refractivity contribution in [3.63, 3.8) is 0 Å². The number of carbonyl (C=O) groups excluding carboxylic acids is 1. The maximum Gasteiger partial charge on any atom is 0.188 e. The van der Waals surface area contributed by atoms with Crippen LogP contribution in [0, 0.1) is 6.92 Å². The van der Waals surface area contributed by atoms with E-state index in [1.165, 1.54) is 11.1 Å². The maximum absolute atomic E-state index is 13.0. The molecule has 0 fully saturated rings. The molecular formula is C25H36O. The molecule has 26 heavy (non-hydrogen) atoms. The van der Waals surface area contributed by atoms with Gasteiger partial charge in [-0.3, -0.25) is 4.79 Å². The third-order valence-electron chi connectivity index (χ3n) is 5.14. The molecule has 1 heteroatoms. The molecular weight excluding hydrogens is 316 g/mol. The summed E-state index contributed by atoms with van der Waals surface area (Å²) in [5.74, 6) is 0.498. The smallest absolute Gasteiger partial charge is 0.188 e. The van der Waals surface area contributed by atoms with E-state index in [9.17, 15) is 4.79 Å². The van der Waals surface area contributed by atoms with E-state index in [0.717, 1.165) is 35.1 Å². The Balaban J connectivity index is 3.45. The summed E-state index contributed by atoms with van der Waals surface area (Å²) >= 11 is 0. The minimum atomic E-state index is 0.109. The minimum Gasteiger partial charge on any atom is -0.289 e. The fourth-order valence-electron chi connectivity index (χ4n) is 3.41. The van der Waals surface area contributed by atoms with Crippen LogP contribution in [0.2, 0.25) is 0 Å². The first-order chi connectivity index (χ1) is 12.0. The first kappa shape index (κ1) is 22.2. The molecule has 0 radical (unpaired) electrons. The van der Waals surface area contributed by atoms with Crippen LogP contribution >= 0.6 is 0 Å². The number of allylic oxidation sites excluding steroid dienone is 5. The van der Waals surface area contributed by atoms with Gasteiger partial charge >= 0.3 is 0 Å². The molecule has 142 valence electrons. The third kappa shape index (κ3) is 5.30. The topological polar surface area (TPSA) is 17.1 Å². The molecule has 0 heterocycles. The Morgan fingerprint density at radius 3 is 2.31 bits per heavy atom. The quantitative estimate of drug-likeness (QED) is 0.269. The number of ketones is 1. The second-order valence-electron chi connectivity index (χ2n) is 8.34. The van der Waals surface area contributed by atoms with Crippen LogP contribution < -0.4 is 0 Å². The number of aryl methyl sites for hydroxylation is 1. The molecule has 0 unspecified atom stereocenters. The van der Waals surface area contributed by atoms with Gasteiger partial charge < -0.3 is 0 Å². The van der Waals surface area contributed by atoms with E-state index in [1.54, 1.807) is 6.08 Å². The number of hydrogen-bond acceptors (Lipinski definition) is 1. The van der Waals surface area contributed by atoms with E-state index in [-0.39, 0.29) is 11.2 Å². The Morgan fingerprint density at radius 1 is 1.19 bits per heavy atom. The summed E-state index contributed by atoms with van der Waals surface area (Å²) in [5, 5.41) is 0. The molecule has 0 amide bonds. The number of Topliss-reactive ketones (excluding diaryl/α,β-unsaturated/α-hetero) is 1. The van der Waals surface area contributed by atoms with Crippen LogP contribution in [0.5, 0.6) is 0 Å². The highest BCUT2D eigenvalue weighted by Crippen LogP contribution is 2.36. The molecule has 1 aromatic carbocycles. The average molecular weight is 353 g/mol. The average Bonchev–Trinajstić information content (AvgIpc) is 2.58. The molecule has 0 atom stereocenters. The molecule has 1 aromatic rings. The van der Waals surface area contributed by atoms with Gasteiger partial charge in [-0.2, -0.15) is 0 Å². The van der Waals surface area contributed by atoms with Crippen LogP contribution in [0.3, 0.4) is 0 Å². The van der Waals surface area contributed by atoms with Gasteiger partial charge in [0.25, 0.3) is 0 Å². The molecule has 0 saturated heterocycles. The fourth-order valence-corrected chi connectivity index (χ4v) is 3.41. The molecule has 0 aliphatic heterocycles. The van der Waals surface area contributed by atoms with Gasteiger partial charge in [0.05, 0.1) is 0 Å². The van der Waals surface area contributed by atoms with E-state index >= 15 is 0 Å². The Labute approximate surface area is 160 Å². The second kappa shape index (κ2) is 9.16. The van der Waals surface area contributed by atoms with Gasteiger partial charge in [-0.15, -0.1) is 0 Å². The van der Waals surface area contributed by atoms with Gasteiger partial charge in [-0.1, -0.05) is 77.5 Å². The molecule has 0 N–H and O–H groups in total. The number of benzene rings is 1. The lowest BCUT2D eigenvalue weighted by Crippen LogP contribution is -2.21. The summed E-state index contributed by atoms with van der Waals surface area (Å²) in [7, 11) is 0. The Bertz CT molecular complexity index is 727. The van der Waals surface area contributed by atoms with Crippen LogP contribution in [0.15, 0.2) is 48.1 Å². The lowest BCUT2D eigenvalue weighted by molar-refractivity contribution is 0.103. The van der Waals surface area contributed by atoms with Crippen molar-refractivity contribution in [2.75, 3.05) is 0 Å². The van der Waals surface area contributed by atoms with Crippen molar-refractivity contribution in [1.29, 1.82) is 0 Å². The summed E-state index contributed by atoms with van der Waals surface area (Å²) in [5.41, 5.74) is 6.49. The second-order valence-corrected chi connectivity index (χ2v) is 8.34. The normalized spacial score (nSPS) is 13.3. The Kier molecular flexibility index (Phi) is 7.81. The van der Waals surface area contributed by atoms with Crippen molar-refractivity contribution in [1.82, 2.24) is 0 Å². The SMILES string of the molecule is C=C/C(C)=C\C=C(/C)C(=O)c1cc(C(C)C)c(C(C)(C)CCC)cc1C. The van der Waals surface area contributed by atoms with E-state index < -0.39 is 0 Å². The molecule has 0 bridgehead atoms. The monoisotopic (exact) mass is 352 g/mol. The van der Waals surface area contributed by atoms with Gasteiger partial charge in [0, 0.05) is 5.56 Å². The molecule has 0 aromatic heterocycles. The highest BCUT2D eigenvalue weighted by molar-refractivity contribution is 6.09. The molecule has 0 aliphatic carbocycles. The predicted molar refractivity (Wildman–Crippen MR) is 115 cm³/mol. The highest BCUT2D eigenvalue weighted by atomic mass is 16.1. The largest absolute Gasteiger partial charge is 0.289 e. The van der Waals surface area contributed by atoms with E-state index in [1.807, 2.05) is 26.0 Å². The van der Waals surface area contributed by atoms with Crippen molar-refractivity contribution < 1.29 is 4.79 Å². The van der Waals surface area contributed by atoms with Crippen LogP contribution in [0.4, 0.5) is 0 Å². The summed E-state index contributed by atoms with van der Waals surface area (Å²) in [4.78, 5) is 13.0. The summed E-state index contributed by atoms with van der Waals surface area (Å²) in [6.45, 7) is 21.0. The molecule has 1 rings (SSSR count). The zero-order chi connectivity index (χ0) is 20.1. The zero-order valence-electron chi connectivity index (χ0n) is 18.0. The number of rotatable bonds is 8. The van der Waals surface area contributed by atoms with E-state index in [0.29, 0.717) is 5.92 Å². The van der Waals surface area contributed by atoms with Crippen LogP contribution in [-0.2, 0) is 5.41 Å². The lowest BCUT2D eigenvalue weighted by Gasteiger charge is -2.30. The van der Waals surface area contributed by atoms with Crippen molar-refractivity contribution in [3.8, 4) is 0 Å². The Morgan fingerprint density at radius 2 is 1.81 bits per heavy atom. The van der Waals surface area contributed by atoms with E-state index in [2.05, 4.69) is 60.3 Å². The van der Waals surface area contributed by atoms with Crippen molar-refractivity contribution in [2.45, 2.75) is 79.6 Å². The van der Waals surface area contributed by atoms with Gasteiger partial charge in [-0.25, -0.2) is 0 Å². The summed E-state index contributed by atoms with van der Waals surface area (Å²) < 4.78 is 0. The molecule has 0 saturated carbocycles. The van der Waals surface area contributed by atoms with Crippen LogP contribution in [0.1, 0.15) is 94.3 Å². The molecule has 0 spiro atoms. The minimum absolute atomic E-state index is 0.109. The number of carbonyl (C=O) groups is 1. The van der Waals surface area contributed by atoms with Crippen LogP contribution in [-0.4, -0.2) is 5.78 Å². The van der Waals surface area contributed by atoms with E-state index in [4.69, 9.17) is 0 Å². The van der Waals surface area contributed by atoms with Gasteiger partial charge in [0.1, 0.15) is 0 Å². The van der Waals surface area contributed by atoms with Crippen LogP contribution in [0.25, 0.3) is 0 Å². The lowest BCUT2D eigenvalue weighted by atomic mass is 9.74.